The van der Waals surface area contributed by atoms with Crippen LogP contribution < -0.4 is 0 Å². The van der Waals surface area contributed by atoms with Crippen molar-refractivity contribution in [3.63, 3.8) is 0 Å². The van der Waals surface area contributed by atoms with Gasteiger partial charge in [-0.3, -0.25) is 14.4 Å². The molecule has 0 heterocycles. The Morgan fingerprint density at radius 2 is 0.532 bits per heavy atom. The van der Waals surface area contributed by atoms with Crippen molar-refractivity contribution in [3.8, 4) is 0 Å². The van der Waals surface area contributed by atoms with Gasteiger partial charge in [-0.05, 0) is 25.2 Å². The van der Waals surface area contributed by atoms with Crippen LogP contribution in [0.25, 0.3) is 0 Å². The predicted octanol–water partition coefficient (Wildman–Crippen LogP) is 18.2. The van der Waals surface area contributed by atoms with Gasteiger partial charge in [0.15, 0.2) is 6.10 Å². The minimum atomic E-state index is -0.761. The maximum atomic E-state index is 12.8. The molecule has 0 N–H and O–H groups in total. The highest BCUT2D eigenvalue weighted by Crippen LogP contribution is 2.18. The fraction of sp³-hybridized carbons (Fsp3) is 0.946. The molecule has 0 aromatic heterocycles. The third-order valence-corrected chi connectivity index (χ3v) is 12.8. The van der Waals surface area contributed by atoms with Crippen molar-refractivity contribution < 1.29 is 28.6 Å². The summed E-state index contributed by atoms with van der Waals surface area (Å²) in [7, 11) is 0. The van der Waals surface area contributed by atoms with E-state index in [0.29, 0.717) is 19.3 Å². The van der Waals surface area contributed by atoms with E-state index in [1.165, 1.54) is 212 Å². The monoisotopic (exact) mass is 877 g/mol. The van der Waals surface area contributed by atoms with Gasteiger partial charge in [0.25, 0.3) is 0 Å². The summed E-state index contributed by atoms with van der Waals surface area (Å²) >= 11 is 0. The summed E-state index contributed by atoms with van der Waals surface area (Å²) in [5, 5.41) is 0. The number of carbonyl (C=O) groups excluding carboxylic acids is 3. The van der Waals surface area contributed by atoms with E-state index >= 15 is 0 Å². The van der Waals surface area contributed by atoms with Gasteiger partial charge in [0.05, 0.1) is 0 Å². The Bertz CT molecular complexity index is 933. The number of carbonyl (C=O) groups is 3. The first-order chi connectivity index (χ1) is 30.4. The molecule has 0 radical (unpaired) electrons. The predicted molar refractivity (Wildman–Crippen MR) is 266 cm³/mol. The first-order valence-electron chi connectivity index (χ1n) is 27.9. The van der Waals surface area contributed by atoms with Crippen LogP contribution in [0, 0.1) is 5.92 Å². The van der Waals surface area contributed by atoms with Gasteiger partial charge in [-0.2, -0.15) is 0 Å². The van der Waals surface area contributed by atoms with Crippen molar-refractivity contribution in [1.29, 1.82) is 0 Å². The quantitative estimate of drug-likeness (QED) is 0.0344. The van der Waals surface area contributed by atoms with Gasteiger partial charge in [0.1, 0.15) is 13.2 Å². The van der Waals surface area contributed by atoms with Crippen LogP contribution in [0.2, 0.25) is 0 Å². The van der Waals surface area contributed by atoms with Gasteiger partial charge >= 0.3 is 17.9 Å². The van der Waals surface area contributed by atoms with Gasteiger partial charge < -0.3 is 14.2 Å². The molecule has 0 fully saturated rings. The maximum Gasteiger partial charge on any atom is 0.306 e. The second-order valence-electron chi connectivity index (χ2n) is 19.7. The van der Waals surface area contributed by atoms with Crippen LogP contribution in [-0.2, 0) is 28.6 Å². The molecule has 368 valence electrons. The SMILES string of the molecule is CCCCCCCCCCCCCCCCCC(=O)OC[C@@H](COC(=O)CCCCCCCCCCCCCCC(C)C)OC(=O)CCCCCCCCCCCCCCCC. The van der Waals surface area contributed by atoms with E-state index in [-0.39, 0.29) is 31.1 Å². The highest BCUT2D eigenvalue weighted by Gasteiger charge is 2.19. The molecule has 0 saturated heterocycles. The van der Waals surface area contributed by atoms with E-state index in [0.717, 1.165) is 63.7 Å². The number of hydrogen-bond donors (Lipinski definition) is 0. The second kappa shape index (κ2) is 50.4. The molecule has 0 spiro atoms. The summed E-state index contributed by atoms with van der Waals surface area (Å²) in [5.41, 5.74) is 0. The third-order valence-electron chi connectivity index (χ3n) is 12.8. The minimum Gasteiger partial charge on any atom is -0.462 e. The number of unbranched alkanes of at least 4 members (excludes halogenated alkanes) is 38. The largest absolute Gasteiger partial charge is 0.462 e. The Morgan fingerprint density at radius 1 is 0.306 bits per heavy atom. The van der Waals surface area contributed by atoms with Gasteiger partial charge in [-0.15, -0.1) is 0 Å². The molecular formula is C56H108O6. The molecular weight excluding hydrogens is 769 g/mol. The van der Waals surface area contributed by atoms with Gasteiger partial charge in [-0.1, -0.05) is 278 Å². The fourth-order valence-electron chi connectivity index (χ4n) is 8.57. The Kier molecular flexibility index (Phi) is 49.1. The number of esters is 3. The molecule has 0 rings (SSSR count). The molecule has 0 aliphatic rings. The van der Waals surface area contributed by atoms with Crippen LogP contribution in [0.4, 0.5) is 0 Å². The van der Waals surface area contributed by atoms with E-state index in [1.807, 2.05) is 0 Å². The van der Waals surface area contributed by atoms with E-state index in [4.69, 9.17) is 14.2 Å². The van der Waals surface area contributed by atoms with Crippen LogP contribution >= 0.6 is 0 Å². The summed E-state index contributed by atoms with van der Waals surface area (Å²) < 4.78 is 16.9. The molecule has 6 nitrogen and oxygen atoms in total. The lowest BCUT2D eigenvalue weighted by molar-refractivity contribution is -0.167. The fourth-order valence-corrected chi connectivity index (χ4v) is 8.57. The van der Waals surface area contributed by atoms with Crippen LogP contribution in [0.1, 0.15) is 317 Å². The first-order valence-corrected chi connectivity index (χ1v) is 27.9. The van der Waals surface area contributed by atoms with Crippen LogP contribution in [0.5, 0.6) is 0 Å². The van der Waals surface area contributed by atoms with Gasteiger partial charge in [0, 0.05) is 19.3 Å². The molecule has 0 aromatic rings. The lowest BCUT2D eigenvalue weighted by Crippen LogP contribution is -2.30. The zero-order valence-corrected chi connectivity index (χ0v) is 42.3. The minimum absolute atomic E-state index is 0.0620. The van der Waals surface area contributed by atoms with Crippen LogP contribution in [0.15, 0.2) is 0 Å². The summed E-state index contributed by atoms with van der Waals surface area (Å²) in [5.74, 6) is -0.00378. The highest BCUT2D eigenvalue weighted by atomic mass is 16.6. The molecule has 0 aliphatic heterocycles. The highest BCUT2D eigenvalue weighted by molar-refractivity contribution is 5.71. The molecule has 62 heavy (non-hydrogen) atoms. The maximum absolute atomic E-state index is 12.8. The van der Waals surface area contributed by atoms with E-state index < -0.39 is 6.10 Å². The molecule has 0 aliphatic carbocycles. The summed E-state index contributed by atoms with van der Waals surface area (Å²) in [6, 6.07) is 0. The molecule has 0 bridgehead atoms. The van der Waals surface area contributed by atoms with E-state index in [1.54, 1.807) is 0 Å². The molecule has 0 saturated carbocycles. The molecule has 6 heteroatoms. The summed E-state index contributed by atoms with van der Waals surface area (Å²) in [6.07, 6.45) is 53.7. The van der Waals surface area contributed by atoms with Crippen LogP contribution in [0.3, 0.4) is 0 Å². The Balaban J connectivity index is 4.30. The van der Waals surface area contributed by atoms with E-state index in [2.05, 4.69) is 27.7 Å². The van der Waals surface area contributed by atoms with Crippen molar-refractivity contribution in [2.75, 3.05) is 13.2 Å². The van der Waals surface area contributed by atoms with Crippen molar-refractivity contribution in [1.82, 2.24) is 0 Å². The average molecular weight is 877 g/mol. The lowest BCUT2D eigenvalue weighted by atomic mass is 10.0. The van der Waals surface area contributed by atoms with Gasteiger partial charge in [0.2, 0.25) is 0 Å². The zero-order chi connectivity index (χ0) is 45.2. The van der Waals surface area contributed by atoms with Crippen LogP contribution in [-0.4, -0.2) is 37.2 Å². The Labute approximate surface area is 387 Å². The number of hydrogen-bond acceptors (Lipinski definition) is 6. The lowest BCUT2D eigenvalue weighted by Gasteiger charge is -2.18. The Hall–Kier alpha value is -1.59. The molecule has 0 unspecified atom stereocenters. The van der Waals surface area contributed by atoms with E-state index in [9.17, 15) is 14.4 Å². The average Bonchev–Trinajstić information content (AvgIpc) is 3.26. The van der Waals surface area contributed by atoms with Gasteiger partial charge in [-0.25, -0.2) is 0 Å². The molecule has 1 atom stereocenters. The molecule has 0 aromatic carbocycles. The summed E-state index contributed by atoms with van der Waals surface area (Å²) in [6.45, 7) is 9.05. The van der Waals surface area contributed by atoms with Crippen molar-refractivity contribution in [3.05, 3.63) is 0 Å². The topological polar surface area (TPSA) is 78.9 Å². The third kappa shape index (κ3) is 49.4. The first kappa shape index (κ1) is 60.4. The smallest absolute Gasteiger partial charge is 0.306 e. The molecule has 0 amide bonds. The van der Waals surface area contributed by atoms with Crippen molar-refractivity contribution in [2.24, 2.45) is 5.92 Å². The Morgan fingerprint density at radius 3 is 0.790 bits per heavy atom. The normalized spacial score (nSPS) is 12.0. The number of ether oxygens (including phenoxy) is 3. The zero-order valence-electron chi connectivity index (χ0n) is 42.3. The number of rotatable bonds is 51. The summed E-state index contributed by atoms with van der Waals surface area (Å²) in [4.78, 5) is 38.1. The van der Waals surface area contributed by atoms with Crippen molar-refractivity contribution >= 4 is 17.9 Å². The second-order valence-corrected chi connectivity index (χ2v) is 19.7. The van der Waals surface area contributed by atoms with Crippen molar-refractivity contribution in [2.45, 2.75) is 323 Å². The standard InChI is InChI=1S/C56H108O6/c1-5-7-9-11-13-15-17-19-21-23-27-31-35-39-43-47-54(57)60-50-53(62-56(59)49-45-41-37-33-29-22-20-18-16-14-12-10-8-6-2)51-61-55(58)48-44-40-36-32-28-25-24-26-30-34-38-42-46-52(3)4/h52-53H,5-51H2,1-4H3/t53-/m0/s1.